The van der Waals surface area contributed by atoms with E-state index in [0.29, 0.717) is 0 Å². The van der Waals surface area contributed by atoms with Gasteiger partial charge < -0.3 is 15.2 Å². The maximum absolute atomic E-state index is 4.49. The van der Waals surface area contributed by atoms with E-state index in [2.05, 4.69) is 32.2 Å². The third-order valence-electron chi connectivity index (χ3n) is 3.30. The van der Waals surface area contributed by atoms with Crippen molar-refractivity contribution >= 4 is 17.1 Å². The monoisotopic (exact) mass is 231 g/mol. The molecule has 2 aromatic rings. The Hall–Kier alpha value is -1.62. The van der Waals surface area contributed by atoms with Crippen LogP contribution < -0.4 is 10.2 Å². The fourth-order valence-corrected chi connectivity index (χ4v) is 2.36. The molecule has 0 spiro atoms. The van der Waals surface area contributed by atoms with Gasteiger partial charge in [-0.25, -0.2) is 4.98 Å². The minimum Gasteiger partial charge on any atom is -0.345 e. The normalized spacial score (nSPS) is 19.9. The summed E-state index contributed by atoms with van der Waals surface area (Å²) < 4.78 is 0. The van der Waals surface area contributed by atoms with Crippen LogP contribution in [0.25, 0.3) is 11.2 Å². The maximum atomic E-state index is 4.49. The van der Waals surface area contributed by atoms with Gasteiger partial charge in [-0.3, -0.25) is 0 Å². The van der Waals surface area contributed by atoms with Gasteiger partial charge in [-0.15, -0.1) is 0 Å². The average molecular weight is 231 g/mol. The van der Waals surface area contributed by atoms with Crippen molar-refractivity contribution in [3.8, 4) is 0 Å². The van der Waals surface area contributed by atoms with Crippen molar-refractivity contribution in [3.63, 3.8) is 0 Å². The standard InChI is InChI=1S/C12H17N5/c1-17(8-9-4-6-13-7-9)12-15-10-3-2-5-14-11(10)16-12/h2-3,5,9,13H,4,6-8H2,1H3,(H,14,15,16). The number of hydrogen-bond acceptors (Lipinski definition) is 4. The molecular weight excluding hydrogens is 214 g/mol. The first-order chi connectivity index (χ1) is 8.33. The number of fused-ring (bicyclic) bond motifs is 1. The molecule has 0 bridgehead atoms. The molecule has 5 heteroatoms. The summed E-state index contributed by atoms with van der Waals surface area (Å²) in [6.45, 7) is 3.29. The highest BCUT2D eigenvalue weighted by atomic mass is 15.3. The van der Waals surface area contributed by atoms with E-state index in [9.17, 15) is 0 Å². The van der Waals surface area contributed by atoms with Crippen LogP contribution in [0.15, 0.2) is 18.3 Å². The fraction of sp³-hybridized carbons (Fsp3) is 0.500. The second-order valence-electron chi connectivity index (χ2n) is 4.67. The van der Waals surface area contributed by atoms with Gasteiger partial charge in [0.2, 0.25) is 5.95 Å². The number of rotatable bonds is 3. The van der Waals surface area contributed by atoms with E-state index in [1.807, 2.05) is 12.1 Å². The van der Waals surface area contributed by atoms with Gasteiger partial charge in [0.1, 0.15) is 0 Å². The summed E-state index contributed by atoms with van der Waals surface area (Å²) in [7, 11) is 2.08. The lowest BCUT2D eigenvalue weighted by molar-refractivity contribution is 0.574. The Labute approximate surface area is 100 Å². The molecule has 0 aliphatic carbocycles. The van der Waals surface area contributed by atoms with E-state index in [1.165, 1.54) is 6.42 Å². The predicted octanol–water partition coefficient (Wildman–Crippen LogP) is 1.00. The van der Waals surface area contributed by atoms with Crippen molar-refractivity contribution in [1.82, 2.24) is 20.3 Å². The van der Waals surface area contributed by atoms with Crippen LogP contribution in [0.5, 0.6) is 0 Å². The zero-order valence-corrected chi connectivity index (χ0v) is 9.98. The van der Waals surface area contributed by atoms with Gasteiger partial charge in [0.25, 0.3) is 0 Å². The van der Waals surface area contributed by atoms with Crippen LogP contribution in [0.1, 0.15) is 6.42 Å². The molecule has 2 aromatic heterocycles. The van der Waals surface area contributed by atoms with E-state index in [4.69, 9.17) is 0 Å². The van der Waals surface area contributed by atoms with Crippen LogP contribution in [0.2, 0.25) is 0 Å². The van der Waals surface area contributed by atoms with E-state index >= 15 is 0 Å². The average Bonchev–Trinajstić information content (AvgIpc) is 2.96. The van der Waals surface area contributed by atoms with Gasteiger partial charge in [0.05, 0.1) is 5.52 Å². The van der Waals surface area contributed by atoms with Crippen molar-refractivity contribution in [2.75, 3.05) is 31.6 Å². The second-order valence-corrected chi connectivity index (χ2v) is 4.67. The van der Waals surface area contributed by atoms with Crippen molar-refractivity contribution in [2.45, 2.75) is 6.42 Å². The van der Waals surface area contributed by atoms with Crippen molar-refractivity contribution in [1.29, 1.82) is 0 Å². The molecule has 5 nitrogen and oxygen atoms in total. The van der Waals surface area contributed by atoms with Gasteiger partial charge in [0, 0.05) is 19.8 Å². The lowest BCUT2D eigenvalue weighted by atomic mass is 10.1. The molecule has 0 amide bonds. The number of aromatic amines is 1. The Morgan fingerprint density at radius 2 is 2.47 bits per heavy atom. The van der Waals surface area contributed by atoms with E-state index in [1.54, 1.807) is 6.20 Å². The molecule has 17 heavy (non-hydrogen) atoms. The number of nitrogens with zero attached hydrogens (tertiary/aromatic N) is 3. The lowest BCUT2D eigenvalue weighted by Gasteiger charge is -2.19. The summed E-state index contributed by atoms with van der Waals surface area (Å²) in [5.74, 6) is 1.63. The Kier molecular flexibility index (Phi) is 2.68. The molecule has 1 aliphatic rings. The zero-order valence-electron chi connectivity index (χ0n) is 9.98. The predicted molar refractivity (Wildman–Crippen MR) is 68.1 cm³/mol. The zero-order chi connectivity index (χ0) is 11.7. The summed E-state index contributed by atoms with van der Waals surface area (Å²) in [5.41, 5.74) is 1.79. The molecule has 0 radical (unpaired) electrons. The van der Waals surface area contributed by atoms with Crippen molar-refractivity contribution in [2.24, 2.45) is 5.92 Å². The van der Waals surface area contributed by atoms with Crippen molar-refractivity contribution in [3.05, 3.63) is 18.3 Å². The summed E-state index contributed by atoms with van der Waals surface area (Å²) >= 11 is 0. The Morgan fingerprint density at radius 3 is 3.24 bits per heavy atom. The number of H-pyrrole nitrogens is 1. The molecule has 90 valence electrons. The van der Waals surface area contributed by atoms with Gasteiger partial charge in [0.15, 0.2) is 5.65 Å². The number of pyridine rings is 1. The summed E-state index contributed by atoms with van der Waals surface area (Å²) in [4.78, 5) is 14.2. The quantitative estimate of drug-likeness (QED) is 0.827. The third kappa shape index (κ3) is 2.10. The minimum atomic E-state index is 0.723. The SMILES string of the molecule is CN(CC1CCNC1)c1nc2ncccc2[nH]1. The fourth-order valence-electron chi connectivity index (χ4n) is 2.36. The molecule has 0 aromatic carbocycles. The molecule has 1 unspecified atom stereocenters. The Balaban J connectivity index is 1.77. The van der Waals surface area contributed by atoms with Crippen LogP contribution >= 0.6 is 0 Å². The highest BCUT2D eigenvalue weighted by Crippen LogP contribution is 2.16. The molecule has 1 saturated heterocycles. The first kappa shape index (κ1) is 10.5. The molecule has 1 atom stereocenters. The van der Waals surface area contributed by atoms with E-state index < -0.39 is 0 Å². The molecule has 1 aliphatic heterocycles. The number of hydrogen-bond donors (Lipinski definition) is 2. The number of anilines is 1. The third-order valence-corrected chi connectivity index (χ3v) is 3.30. The molecule has 1 fully saturated rings. The van der Waals surface area contributed by atoms with Crippen LogP contribution in [-0.4, -0.2) is 41.6 Å². The number of aromatic nitrogens is 3. The van der Waals surface area contributed by atoms with E-state index in [-0.39, 0.29) is 0 Å². The van der Waals surface area contributed by atoms with Crippen LogP contribution in [0.4, 0.5) is 5.95 Å². The van der Waals surface area contributed by atoms with Crippen molar-refractivity contribution < 1.29 is 0 Å². The second kappa shape index (κ2) is 4.33. The summed E-state index contributed by atoms with van der Waals surface area (Å²) in [6, 6.07) is 3.93. The molecule has 3 rings (SSSR count). The Bertz CT molecular complexity index is 467. The lowest BCUT2D eigenvalue weighted by Crippen LogP contribution is -2.27. The van der Waals surface area contributed by atoms with Gasteiger partial charge >= 0.3 is 0 Å². The first-order valence-corrected chi connectivity index (χ1v) is 6.05. The Morgan fingerprint density at radius 1 is 1.53 bits per heavy atom. The van der Waals surface area contributed by atoms with Gasteiger partial charge in [-0.05, 0) is 37.6 Å². The minimum absolute atomic E-state index is 0.723. The molecule has 0 saturated carbocycles. The smallest absolute Gasteiger partial charge is 0.205 e. The number of imidazole rings is 1. The van der Waals surface area contributed by atoms with Gasteiger partial charge in [-0.1, -0.05) is 0 Å². The highest BCUT2D eigenvalue weighted by molar-refractivity contribution is 5.72. The summed E-state index contributed by atoms with van der Waals surface area (Å²) in [6.07, 6.45) is 3.02. The van der Waals surface area contributed by atoms with Crippen LogP contribution in [-0.2, 0) is 0 Å². The molecule has 3 heterocycles. The topological polar surface area (TPSA) is 56.8 Å². The number of nitrogens with one attached hydrogen (secondary N) is 2. The highest BCUT2D eigenvalue weighted by Gasteiger charge is 2.18. The van der Waals surface area contributed by atoms with Crippen LogP contribution in [0.3, 0.4) is 0 Å². The maximum Gasteiger partial charge on any atom is 0.205 e. The molecule has 2 N–H and O–H groups in total. The van der Waals surface area contributed by atoms with Gasteiger partial charge in [-0.2, -0.15) is 4.98 Å². The van der Waals surface area contributed by atoms with Crippen LogP contribution in [0, 0.1) is 5.92 Å². The largest absolute Gasteiger partial charge is 0.345 e. The summed E-state index contributed by atoms with van der Waals surface area (Å²) in [5, 5.41) is 3.39. The molecular formula is C12H17N5. The van der Waals surface area contributed by atoms with E-state index in [0.717, 1.165) is 42.7 Å². The first-order valence-electron chi connectivity index (χ1n) is 6.05.